The van der Waals surface area contributed by atoms with Crippen molar-refractivity contribution in [2.75, 3.05) is 0 Å². The van der Waals surface area contributed by atoms with Gasteiger partial charge in [0.15, 0.2) is 0 Å². The van der Waals surface area contributed by atoms with Crippen LogP contribution < -0.4 is 0 Å². The third-order valence-corrected chi connectivity index (χ3v) is 118. The summed E-state index contributed by atoms with van der Waals surface area (Å²) < 4.78 is 0. The van der Waals surface area contributed by atoms with E-state index in [2.05, 4.69) is 230 Å². The third kappa shape index (κ3) is 36.3. The molecule has 0 radical (unpaired) electrons. The molecule has 0 aliphatic heterocycles. The molecule has 820 valence electrons. The Kier molecular flexibility index (Phi) is 71.2. The van der Waals surface area contributed by atoms with Crippen LogP contribution in [-0.4, -0.2) is 79.8 Å². The van der Waals surface area contributed by atoms with Crippen LogP contribution in [0.15, 0.2) is 84.9 Å². The first-order valence-electron chi connectivity index (χ1n) is 56.6. The molecule has 15 saturated carbocycles. The molecule has 0 aromatic heterocycles. The van der Waals surface area contributed by atoms with Crippen LogP contribution >= 0.6 is 34.1 Å². The van der Waals surface area contributed by atoms with Gasteiger partial charge in [0.25, 0.3) is 0 Å². The minimum Gasteiger partial charge on any atom is 4.00 e. The van der Waals surface area contributed by atoms with Gasteiger partial charge in [0.2, 0.25) is 0 Å². The summed E-state index contributed by atoms with van der Waals surface area (Å²) in [5, 5.41) is 0. The van der Waals surface area contributed by atoms with E-state index in [1.54, 1.807) is 209 Å². The molecule has 0 heterocycles. The molecule has 0 N–H and O–H groups in total. The van der Waals surface area contributed by atoms with E-state index >= 15 is 0 Å². The molecule has 15 aliphatic rings. The topological polar surface area (TPSA) is 0 Å². The first-order chi connectivity index (χ1) is 61.5. The maximum atomic E-state index is 4.93. The van der Waals surface area contributed by atoms with Crippen LogP contribution in [0, 0.1) is 207 Å². The number of halogens is 4. The third-order valence-electron chi connectivity index (χ3n) is 44.8. The predicted octanol–water partition coefficient (Wildman–Crippen LogP) is 43.1. The standard InChI is InChI=1S/C34H54Si3.C32H56Si3.C24H46Si2.C23H44Si2.12CH3.4ClH.4Zr/c1-35(2,3)25-26-20-21-28(24-26)36(4,5)37(6,7)34-23-22-32-31(18-13-19-33(32)34)30-17-12-11-16-29(30)27-14-9-8-10-15-27;1-23-19-29-30(21-26-15-12-16-28(26)31(29)25-13-10-9-11-14-25)32(23)35(7,8)34(5,6)27-18-17-24(20-27)22-33(2,3)4;1-5-6-8-18-11-12-20(15-18)25(3)26(4)24-14-13-22-17(2)21-10-7-9-19(21)16-23(22)24;1-4-5-7-17-10-12-21(14-17)24(2)25(3)23-13-11-20-15-18-8-6-9-19(18)16-22(20)23;;;;;;;;;;;;;;;;;;;;/h8-12,14-17,26,28,31-34H,13,18-25H2,1-7H3;9-11,13-14,23-24,26-32H,12,15-22H2,1-8H3;17-26H,5-16H2,1-4H3;17-25H,4-16H2,1-3H3;12*1H3;4*1H;;;;/q;;;;12*-1;;;;;4*+4/p-4. The molecule has 0 saturated heterocycles. The minimum absolute atomic E-state index is 0. The van der Waals surface area contributed by atoms with Crippen molar-refractivity contribution in [1.29, 1.82) is 0 Å². The summed E-state index contributed by atoms with van der Waals surface area (Å²) in [4.78, 5) is 0. The molecule has 18 heteroatoms. The molecule has 3 aromatic carbocycles. The van der Waals surface area contributed by atoms with Gasteiger partial charge in [-0.25, -0.2) is 0 Å². The van der Waals surface area contributed by atoms with Crippen molar-refractivity contribution in [1.82, 2.24) is 0 Å². The van der Waals surface area contributed by atoms with Gasteiger partial charge >= 0.3 is 128 Å². The molecule has 0 nitrogen and oxygen atoms in total. The monoisotopic (exact) mass is 2520 g/mol. The largest absolute Gasteiger partial charge is 4.00 e. The quantitative estimate of drug-likeness (QED) is 0.0586. The van der Waals surface area contributed by atoms with Crippen LogP contribution in [-0.2, 0) is 94.1 Å². The fraction of sp³-hybridized carbons (Fsp3) is 0.760. The smallest absolute Gasteiger partial charge is 4.00 e. The second kappa shape index (κ2) is 68.1. The average Bonchev–Trinajstić information content (AvgIpc) is 1.56. The molecule has 0 spiro atoms. The Balaban J connectivity index is 0. The van der Waals surface area contributed by atoms with Crippen molar-refractivity contribution in [3.05, 3.63) is 185 Å². The van der Waals surface area contributed by atoms with E-state index in [9.17, 15) is 0 Å². The number of unbranched alkanes of at least 4 members (excludes halogenated alkanes) is 2. The molecule has 15 fully saturated rings. The van der Waals surface area contributed by atoms with E-state index in [1.165, 1.54) is 140 Å². The second-order valence-corrected chi connectivity index (χ2v) is 128. The van der Waals surface area contributed by atoms with E-state index in [0.29, 0.717) is 0 Å². The summed E-state index contributed by atoms with van der Waals surface area (Å²) in [6.07, 6.45) is 64.3. The van der Waals surface area contributed by atoms with Crippen molar-refractivity contribution in [2.45, 2.75) is 477 Å². The molecular formula is C125H236Cl4Si10Zr4. The zero-order chi connectivity index (χ0) is 92.7. The molecule has 3 aromatic rings. The molecule has 34 atom stereocenters. The van der Waals surface area contributed by atoms with Crippen LogP contribution in [0.2, 0.25) is 174 Å². The van der Waals surface area contributed by atoms with Crippen molar-refractivity contribution >= 4 is 114 Å². The van der Waals surface area contributed by atoms with Crippen LogP contribution in [0.5, 0.6) is 0 Å². The van der Waals surface area contributed by atoms with Crippen molar-refractivity contribution in [3.8, 4) is 11.1 Å². The number of fused-ring (bicyclic) bond motifs is 7. The Morgan fingerprint density at radius 2 is 0.727 bits per heavy atom. The van der Waals surface area contributed by atoms with E-state index in [4.69, 9.17) is 34.1 Å². The van der Waals surface area contributed by atoms with Gasteiger partial charge in [0.1, 0.15) is 0 Å². The molecular weight excluding hydrogens is 2290 g/mol. The van der Waals surface area contributed by atoms with Crippen molar-refractivity contribution in [2.24, 2.45) is 118 Å². The van der Waals surface area contributed by atoms with Gasteiger partial charge in [-0.05, 0) is 250 Å². The maximum absolute atomic E-state index is 4.93. The fourth-order valence-electron chi connectivity index (χ4n) is 37.2. The summed E-state index contributed by atoms with van der Waals surface area (Å²) in [5.74, 6) is 23.3. The van der Waals surface area contributed by atoms with Gasteiger partial charge in [-0.1, -0.05) is 453 Å². The van der Waals surface area contributed by atoms with Gasteiger partial charge in [-0.2, -0.15) is 0 Å². The summed E-state index contributed by atoms with van der Waals surface area (Å²) in [6, 6.07) is 35.7. The van der Waals surface area contributed by atoms with Crippen molar-refractivity contribution < 1.29 is 94.1 Å². The molecule has 0 bridgehead atoms. The number of benzene rings is 3. The van der Waals surface area contributed by atoms with Crippen LogP contribution in [0.4, 0.5) is 0 Å². The van der Waals surface area contributed by atoms with E-state index in [1.807, 2.05) is 0 Å². The first kappa shape index (κ1) is 150. The van der Waals surface area contributed by atoms with Crippen LogP contribution in [0.3, 0.4) is 0 Å². The van der Waals surface area contributed by atoms with E-state index < -0.39 is 121 Å². The summed E-state index contributed by atoms with van der Waals surface area (Å²) in [6.45, 7) is 60.3. The van der Waals surface area contributed by atoms with Gasteiger partial charge in [0, 0.05) is 79.8 Å². The normalized spacial score (nSPS) is 34.6. The Labute approximate surface area is 987 Å². The summed E-state index contributed by atoms with van der Waals surface area (Å²) in [7, 11) is 10.8. The van der Waals surface area contributed by atoms with Gasteiger partial charge in [0.05, 0.1) is 0 Å². The average molecular weight is 2530 g/mol. The second-order valence-electron chi connectivity index (χ2n) is 54.1. The number of hydrogen-bond acceptors (Lipinski definition) is 0. The Morgan fingerprint density at radius 3 is 1.24 bits per heavy atom. The van der Waals surface area contributed by atoms with Crippen molar-refractivity contribution in [3.63, 3.8) is 0 Å². The van der Waals surface area contributed by atoms with Gasteiger partial charge in [-0.3, -0.25) is 0 Å². The zero-order valence-corrected chi connectivity index (χ0v) is 124. The van der Waals surface area contributed by atoms with E-state index in [0.717, 1.165) is 123 Å². The predicted molar refractivity (Wildman–Crippen MR) is 674 cm³/mol. The van der Waals surface area contributed by atoms with E-state index in [-0.39, 0.29) is 142 Å². The van der Waals surface area contributed by atoms with Gasteiger partial charge in [-0.15, -0.1) is 0 Å². The molecule has 143 heavy (non-hydrogen) atoms. The number of rotatable bonds is 25. The summed E-state index contributed by atoms with van der Waals surface area (Å²) >= 11 is -1.65. The Morgan fingerprint density at radius 1 is 0.322 bits per heavy atom. The zero-order valence-electron chi connectivity index (χ0n) is 101. The van der Waals surface area contributed by atoms with Crippen LogP contribution in [0.1, 0.15) is 314 Å². The SMILES string of the molecule is CC1CC2C(CC3CCCC3C2c2ccccc2)C1[Si](C)(C)[Si](C)(C)C1CCC(C[Si](C)(C)C)C1.CCCCC1CCC([SiH](C)[SiH](C)C2CCC3C(C)C4CCCC4CC32)C1.CCCCC1CCC([SiH](C)[SiH](C)C2CCC3CC4CCCC4CC32)C1.C[Si](C)(C)CC1CCC([Si](C)(C)[Si](C)(C)C2CCC3C(c4ccccc4-c4ccccc4)CCCC32)C1.[CH3-].[CH3-].[CH3-].[CH3-].[CH3-].[CH3-].[CH3-].[CH3-].[CH3-].[CH3-].[CH3-].[CH3-].[Cl][Zr+2][Cl].[Cl][Zr+2][Cl].[Zr+4].[Zr+4]. The molecule has 15 aliphatic carbocycles. The summed E-state index contributed by atoms with van der Waals surface area (Å²) in [5.41, 5.74) is 15.7. The molecule has 18 rings (SSSR count). The molecule has 34 unspecified atom stereocenters. The fourth-order valence-corrected chi connectivity index (χ4v) is 95.3. The Hall–Kier alpha value is 4.52. The molecule has 0 amide bonds. The Bertz CT molecular complexity index is 3830. The number of hydrogen-bond donors (Lipinski definition) is 0. The minimum atomic E-state index is -1.35. The first-order valence-corrected chi connectivity index (χ1v) is 104. The van der Waals surface area contributed by atoms with Gasteiger partial charge < -0.3 is 89.1 Å². The maximum Gasteiger partial charge on any atom is 4.00 e. The van der Waals surface area contributed by atoms with Crippen LogP contribution in [0.25, 0.3) is 11.1 Å².